The summed E-state index contributed by atoms with van der Waals surface area (Å²) in [5, 5.41) is 4.25. The Labute approximate surface area is 151 Å². The summed E-state index contributed by atoms with van der Waals surface area (Å²) in [6.07, 6.45) is 1.68. The molecule has 0 saturated heterocycles. The van der Waals surface area contributed by atoms with Gasteiger partial charge in [-0.05, 0) is 42.0 Å². The van der Waals surface area contributed by atoms with Crippen LogP contribution in [0.25, 0.3) is 0 Å². The van der Waals surface area contributed by atoms with Gasteiger partial charge in [0.15, 0.2) is 11.5 Å². The van der Waals surface area contributed by atoms with E-state index in [9.17, 15) is 4.39 Å². The third-order valence-electron chi connectivity index (χ3n) is 3.70. The fraction of sp³-hybridized carbons (Fsp3) is 0.0952. The highest BCUT2D eigenvalue weighted by Crippen LogP contribution is 2.31. The molecule has 0 fully saturated rings. The maximum atomic E-state index is 13.0. The number of rotatable bonds is 7. The molecule has 4 nitrogen and oxygen atoms in total. The van der Waals surface area contributed by atoms with E-state index in [1.165, 1.54) is 12.1 Å². The summed E-state index contributed by atoms with van der Waals surface area (Å²) in [6, 6.07) is 21.4. The number of hydrogen-bond donors (Lipinski definition) is 1. The third-order valence-corrected chi connectivity index (χ3v) is 3.70. The van der Waals surface area contributed by atoms with Crippen molar-refractivity contribution in [2.45, 2.75) is 6.61 Å². The molecule has 0 radical (unpaired) electrons. The van der Waals surface area contributed by atoms with E-state index in [1.54, 1.807) is 25.5 Å². The number of hydrazone groups is 1. The first kappa shape index (κ1) is 17.5. The average molecular weight is 350 g/mol. The Morgan fingerprint density at radius 2 is 1.73 bits per heavy atom. The van der Waals surface area contributed by atoms with E-state index < -0.39 is 0 Å². The fourth-order valence-corrected chi connectivity index (χ4v) is 2.37. The minimum Gasteiger partial charge on any atom is -0.493 e. The van der Waals surface area contributed by atoms with Gasteiger partial charge in [0.25, 0.3) is 0 Å². The molecule has 3 rings (SSSR count). The summed E-state index contributed by atoms with van der Waals surface area (Å²) in [4.78, 5) is 0. The van der Waals surface area contributed by atoms with Gasteiger partial charge >= 0.3 is 0 Å². The van der Waals surface area contributed by atoms with Gasteiger partial charge in [-0.3, -0.25) is 5.43 Å². The molecule has 3 aromatic carbocycles. The number of nitrogens with one attached hydrogen (secondary N) is 1. The highest BCUT2D eigenvalue weighted by atomic mass is 19.1. The van der Waals surface area contributed by atoms with Crippen molar-refractivity contribution < 1.29 is 13.9 Å². The summed E-state index contributed by atoms with van der Waals surface area (Å²) in [5.41, 5.74) is 5.50. The first-order chi connectivity index (χ1) is 12.8. The van der Waals surface area contributed by atoms with Crippen molar-refractivity contribution in [3.63, 3.8) is 0 Å². The quantitative estimate of drug-likeness (QED) is 0.489. The van der Waals surface area contributed by atoms with Crippen molar-refractivity contribution in [2.75, 3.05) is 12.5 Å². The van der Waals surface area contributed by atoms with Crippen molar-refractivity contribution in [2.24, 2.45) is 5.10 Å². The molecule has 0 unspecified atom stereocenters. The third kappa shape index (κ3) is 4.60. The van der Waals surface area contributed by atoms with E-state index in [2.05, 4.69) is 10.5 Å². The summed E-state index contributed by atoms with van der Waals surface area (Å²) in [5.74, 6) is 0.916. The molecular formula is C21H19FN2O2. The first-order valence-electron chi connectivity index (χ1n) is 8.14. The Morgan fingerprint density at radius 3 is 2.46 bits per heavy atom. The lowest BCUT2D eigenvalue weighted by atomic mass is 10.2. The molecule has 0 saturated carbocycles. The predicted octanol–water partition coefficient (Wildman–Crippen LogP) is 4.86. The minimum atomic E-state index is -0.272. The van der Waals surface area contributed by atoms with Crippen LogP contribution in [0, 0.1) is 5.82 Å². The van der Waals surface area contributed by atoms with Crippen molar-refractivity contribution in [3.8, 4) is 11.5 Å². The molecule has 0 atom stereocenters. The molecule has 0 aliphatic heterocycles. The van der Waals surface area contributed by atoms with Gasteiger partial charge in [-0.2, -0.15) is 5.10 Å². The Kier molecular flexibility index (Phi) is 5.83. The largest absolute Gasteiger partial charge is 0.493 e. The molecule has 132 valence electrons. The van der Waals surface area contributed by atoms with Crippen LogP contribution in [0.3, 0.4) is 0 Å². The Morgan fingerprint density at radius 1 is 0.962 bits per heavy atom. The van der Waals surface area contributed by atoms with E-state index in [0.717, 1.165) is 16.8 Å². The second kappa shape index (κ2) is 8.67. The lowest BCUT2D eigenvalue weighted by molar-refractivity contribution is 0.284. The number of halogens is 1. The van der Waals surface area contributed by atoms with Crippen molar-refractivity contribution in [1.29, 1.82) is 0 Å². The molecule has 0 amide bonds. The van der Waals surface area contributed by atoms with Crippen molar-refractivity contribution in [1.82, 2.24) is 0 Å². The minimum absolute atomic E-state index is 0.272. The molecule has 0 bridgehead atoms. The SMILES string of the molecule is COc1cccc(C=NNc2ccccc2)c1OCc1ccc(F)cc1. The molecule has 0 aromatic heterocycles. The van der Waals surface area contributed by atoms with E-state index >= 15 is 0 Å². The van der Waals surface area contributed by atoms with Crippen molar-refractivity contribution in [3.05, 3.63) is 89.7 Å². The zero-order chi connectivity index (χ0) is 18.2. The maximum Gasteiger partial charge on any atom is 0.170 e. The fourth-order valence-electron chi connectivity index (χ4n) is 2.37. The van der Waals surface area contributed by atoms with Gasteiger partial charge in [0, 0.05) is 5.56 Å². The monoisotopic (exact) mass is 350 g/mol. The second-order valence-electron chi connectivity index (χ2n) is 5.53. The topological polar surface area (TPSA) is 42.8 Å². The number of nitrogens with zero attached hydrogens (tertiary/aromatic N) is 1. The van der Waals surface area contributed by atoms with Crippen LogP contribution in [0.2, 0.25) is 0 Å². The van der Waals surface area contributed by atoms with Crippen molar-refractivity contribution >= 4 is 11.9 Å². The zero-order valence-electron chi connectivity index (χ0n) is 14.4. The highest BCUT2D eigenvalue weighted by molar-refractivity contribution is 5.85. The lowest BCUT2D eigenvalue weighted by Crippen LogP contribution is -2.01. The molecular weight excluding hydrogens is 331 g/mol. The van der Waals surface area contributed by atoms with Gasteiger partial charge in [-0.25, -0.2) is 4.39 Å². The smallest absolute Gasteiger partial charge is 0.170 e. The van der Waals surface area contributed by atoms with E-state index in [1.807, 2.05) is 48.5 Å². The zero-order valence-corrected chi connectivity index (χ0v) is 14.4. The van der Waals surface area contributed by atoms with Gasteiger partial charge in [-0.15, -0.1) is 0 Å². The first-order valence-corrected chi connectivity index (χ1v) is 8.14. The standard InChI is InChI=1S/C21H19FN2O2/c1-25-20-9-5-6-17(14-23-24-19-7-3-2-4-8-19)21(20)26-15-16-10-12-18(22)13-11-16/h2-14,24H,15H2,1H3. The molecule has 26 heavy (non-hydrogen) atoms. The Bertz CT molecular complexity index is 865. The number of benzene rings is 3. The number of ether oxygens (including phenoxy) is 2. The molecule has 1 N–H and O–H groups in total. The lowest BCUT2D eigenvalue weighted by Gasteiger charge is -2.13. The van der Waals surface area contributed by atoms with Gasteiger partial charge in [0.1, 0.15) is 12.4 Å². The molecule has 5 heteroatoms. The van der Waals surface area contributed by atoms with Crippen LogP contribution in [0.15, 0.2) is 77.9 Å². The maximum absolute atomic E-state index is 13.0. The predicted molar refractivity (Wildman–Crippen MR) is 101 cm³/mol. The van der Waals surface area contributed by atoms with Crippen LogP contribution in [0.4, 0.5) is 10.1 Å². The van der Waals surface area contributed by atoms with E-state index in [4.69, 9.17) is 9.47 Å². The van der Waals surface area contributed by atoms with Crippen LogP contribution < -0.4 is 14.9 Å². The second-order valence-corrected chi connectivity index (χ2v) is 5.53. The van der Waals surface area contributed by atoms with Gasteiger partial charge < -0.3 is 9.47 Å². The molecule has 0 aliphatic carbocycles. The molecule has 0 spiro atoms. The summed E-state index contributed by atoms with van der Waals surface area (Å²) < 4.78 is 24.3. The van der Waals surface area contributed by atoms with Gasteiger partial charge in [-0.1, -0.05) is 36.4 Å². The van der Waals surface area contributed by atoms with Gasteiger partial charge in [0.2, 0.25) is 0 Å². The number of anilines is 1. The number of hydrogen-bond acceptors (Lipinski definition) is 4. The molecule has 0 heterocycles. The summed E-state index contributed by atoms with van der Waals surface area (Å²) >= 11 is 0. The van der Waals surface area contributed by atoms with E-state index in [0.29, 0.717) is 18.1 Å². The summed E-state index contributed by atoms with van der Waals surface area (Å²) in [6.45, 7) is 0.299. The highest BCUT2D eigenvalue weighted by Gasteiger charge is 2.09. The van der Waals surface area contributed by atoms with E-state index in [-0.39, 0.29) is 5.82 Å². The number of para-hydroxylation sites is 2. The van der Waals surface area contributed by atoms with Crippen LogP contribution >= 0.6 is 0 Å². The Balaban J connectivity index is 1.75. The average Bonchev–Trinajstić information content (AvgIpc) is 2.69. The molecule has 3 aromatic rings. The number of methoxy groups -OCH3 is 1. The van der Waals surface area contributed by atoms with Crippen LogP contribution in [0.5, 0.6) is 11.5 Å². The normalized spacial score (nSPS) is 10.7. The Hall–Kier alpha value is -3.34. The van der Waals surface area contributed by atoms with Crippen LogP contribution in [-0.4, -0.2) is 13.3 Å². The molecule has 0 aliphatic rings. The van der Waals surface area contributed by atoms with Crippen LogP contribution in [-0.2, 0) is 6.61 Å². The summed E-state index contributed by atoms with van der Waals surface area (Å²) in [7, 11) is 1.59. The van der Waals surface area contributed by atoms with Gasteiger partial charge in [0.05, 0.1) is 19.0 Å². The van der Waals surface area contributed by atoms with Crippen LogP contribution in [0.1, 0.15) is 11.1 Å².